The molecule has 3 rings (SSSR count). The van der Waals surface area contributed by atoms with Gasteiger partial charge < -0.3 is 25.8 Å². The van der Waals surface area contributed by atoms with Gasteiger partial charge in [-0.3, -0.25) is 4.90 Å². The molecular weight excluding hydrogens is 335 g/mol. The van der Waals surface area contributed by atoms with Crippen molar-refractivity contribution in [2.45, 2.75) is 37.5 Å². The van der Waals surface area contributed by atoms with E-state index in [0.717, 1.165) is 32.6 Å². The molecule has 0 saturated carbocycles. The second-order valence-electron chi connectivity index (χ2n) is 8.12. The minimum atomic E-state index is -1.28. The highest BCUT2D eigenvalue weighted by Gasteiger charge is 2.48. The van der Waals surface area contributed by atoms with Crippen LogP contribution in [0, 0.1) is 0 Å². The lowest BCUT2D eigenvalue weighted by molar-refractivity contribution is -0.0313. The summed E-state index contributed by atoms with van der Waals surface area (Å²) in [7, 11) is 2.09. The van der Waals surface area contributed by atoms with Crippen molar-refractivity contribution in [3.63, 3.8) is 0 Å². The molecule has 0 bridgehead atoms. The van der Waals surface area contributed by atoms with Crippen molar-refractivity contribution in [1.29, 1.82) is 0 Å². The van der Waals surface area contributed by atoms with Crippen LogP contribution in [-0.4, -0.2) is 116 Å². The van der Waals surface area contributed by atoms with Gasteiger partial charge in [-0.15, -0.1) is 0 Å². The van der Waals surface area contributed by atoms with Crippen LogP contribution in [0.5, 0.6) is 0 Å². The molecule has 8 heteroatoms. The fraction of sp³-hybridized carbons (Fsp3) is 0.944. The number of nitrogens with two attached hydrogens (primary N) is 1. The van der Waals surface area contributed by atoms with Gasteiger partial charge in [-0.05, 0) is 13.5 Å². The first-order valence-corrected chi connectivity index (χ1v) is 10.1. The van der Waals surface area contributed by atoms with Crippen LogP contribution in [0.25, 0.3) is 0 Å². The number of urea groups is 1. The number of carbonyl (C=O) groups is 1. The van der Waals surface area contributed by atoms with Gasteiger partial charge in [-0.2, -0.15) is 0 Å². The van der Waals surface area contributed by atoms with E-state index in [2.05, 4.69) is 22.2 Å². The monoisotopic (exact) mass is 370 g/mol. The minimum absolute atomic E-state index is 0.132. The lowest BCUT2D eigenvalue weighted by atomic mass is 9.82. The van der Waals surface area contributed by atoms with Gasteiger partial charge in [0, 0.05) is 71.5 Å². The standard InChI is InChI=1S/C18H35FN6O/c1-3-4-18(19)14-21-13-15(20)16(18)23-9-11-25(12-10-23)17(26)24-7-5-22(2)6-8-24/h15-16,21H,3-14,20H2,1-2H3. The maximum absolute atomic E-state index is 15.6. The highest BCUT2D eigenvalue weighted by atomic mass is 19.1. The number of hydrogen-bond donors (Lipinski definition) is 2. The molecule has 150 valence electrons. The molecule has 0 aliphatic carbocycles. The second-order valence-corrected chi connectivity index (χ2v) is 8.12. The predicted molar refractivity (Wildman–Crippen MR) is 101 cm³/mol. The Morgan fingerprint density at radius 1 is 1.12 bits per heavy atom. The van der Waals surface area contributed by atoms with E-state index in [0.29, 0.717) is 45.7 Å². The zero-order chi connectivity index (χ0) is 18.7. The smallest absolute Gasteiger partial charge is 0.320 e. The summed E-state index contributed by atoms with van der Waals surface area (Å²) >= 11 is 0. The number of rotatable bonds is 3. The Labute approximate surface area is 156 Å². The van der Waals surface area contributed by atoms with E-state index >= 15 is 4.39 Å². The Morgan fingerprint density at radius 3 is 2.27 bits per heavy atom. The van der Waals surface area contributed by atoms with E-state index in [9.17, 15) is 4.79 Å². The summed E-state index contributed by atoms with van der Waals surface area (Å²) in [6.07, 6.45) is 1.34. The van der Waals surface area contributed by atoms with Crippen LogP contribution in [0.1, 0.15) is 19.8 Å². The molecule has 26 heavy (non-hydrogen) atoms. The number of nitrogens with one attached hydrogen (secondary N) is 1. The largest absolute Gasteiger partial charge is 0.325 e. The molecule has 3 aliphatic rings. The van der Waals surface area contributed by atoms with Crippen molar-refractivity contribution in [2.75, 3.05) is 72.5 Å². The van der Waals surface area contributed by atoms with E-state index in [-0.39, 0.29) is 18.1 Å². The Kier molecular flexibility index (Phi) is 6.37. The first-order chi connectivity index (χ1) is 12.4. The molecule has 3 N–H and O–H groups in total. The Bertz CT molecular complexity index is 474. The number of alkyl halides is 1. The number of hydrogen-bond acceptors (Lipinski definition) is 5. The summed E-state index contributed by atoms with van der Waals surface area (Å²) in [5, 5.41) is 3.15. The van der Waals surface area contributed by atoms with Gasteiger partial charge in [-0.1, -0.05) is 13.3 Å². The molecule has 0 aromatic rings. The van der Waals surface area contributed by atoms with Crippen molar-refractivity contribution in [1.82, 2.24) is 24.9 Å². The van der Waals surface area contributed by atoms with Crippen LogP contribution >= 0.6 is 0 Å². The number of halogens is 1. The number of nitrogens with zero attached hydrogens (tertiary/aromatic N) is 4. The fourth-order valence-electron chi connectivity index (χ4n) is 4.69. The lowest BCUT2D eigenvalue weighted by Crippen LogP contribution is -2.71. The van der Waals surface area contributed by atoms with Crippen LogP contribution in [0.4, 0.5) is 9.18 Å². The SMILES string of the molecule is CCCC1(F)CNCC(N)C1N1CCN(C(=O)N2CCN(C)CC2)CC1. The van der Waals surface area contributed by atoms with Crippen molar-refractivity contribution >= 4 is 6.03 Å². The van der Waals surface area contributed by atoms with Crippen molar-refractivity contribution in [3.8, 4) is 0 Å². The topological polar surface area (TPSA) is 68.1 Å². The van der Waals surface area contributed by atoms with Crippen LogP contribution in [-0.2, 0) is 0 Å². The highest BCUT2D eigenvalue weighted by molar-refractivity contribution is 5.74. The number of piperidine rings is 1. The van der Waals surface area contributed by atoms with Crippen molar-refractivity contribution in [3.05, 3.63) is 0 Å². The quantitative estimate of drug-likeness (QED) is 0.719. The van der Waals surface area contributed by atoms with Gasteiger partial charge in [0.05, 0.1) is 6.04 Å². The molecule has 3 saturated heterocycles. The van der Waals surface area contributed by atoms with E-state index < -0.39 is 5.67 Å². The van der Waals surface area contributed by atoms with E-state index in [1.165, 1.54) is 0 Å². The third-order valence-electron chi connectivity index (χ3n) is 6.15. The van der Waals surface area contributed by atoms with Crippen LogP contribution in [0.2, 0.25) is 0 Å². The van der Waals surface area contributed by atoms with Gasteiger partial charge in [-0.25, -0.2) is 9.18 Å². The molecule has 3 aliphatic heterocycles. The molecule has 0 aromatic heterocycles. The minimum Gasteiger partial charge on any atom is -0.325 e. The first-order valence-electron chi connectivity index (χ1n) is 10.1. The van der Waals surface area contributed by atoms with Gasteiger partial charge in [0.1, 0.15) is 5.67 Å². The summed E-state index contributed by atoms with van der Waals surface area (Å²) in [4.78, 5) is 21.0. The number of carbonyl (C=O) groups excluding carboxylic acids is 1. The molecule has 7 nitrogen and oxygen atoms in total. The van der Waals surface area contributed by atoms with Gasteiger partial charge >= 0.3 is 6.03 Å². The summed E-state index contributed by atoms with van der Waals surface area (Å²) in [5.74, 6) is 0. The molecule has 3 heterocycles. The zero-order valence-electron chi connectivity index (χ0n) is 16.3. The Balaban J connectivity index is 1.57. The van der Waals surface area contributed by atoms with Gasteiger partial charge in [0.25, 0.3) is 0 Å². The van der Waals surface area contributed by atoms with E-state index in [4.69, 9.17) is 5.73 Å². The molecule has 3 atom stereocenters. The average Bonchev–Trinajstić information content (AvgIpc) is 2.62. The van der Waals surface area contributed by atoms with Crippen LogP contribution in [0.15, 0.2) is 0 Å². The average molecular weight is 371 g/mol. The molecule has 2 amide bonds. The number of amides is 2. The number of piperazine rings is 2. The fourth-order valence-corrected chi connectivity index (χ4v) is 4.69. The third-order valence-corrected chi connectivity index (χ3v) is 6.15. The number of likely N-dealkylation sites (N-methyl/N-ethyl adjacent to an activating group) is 1. The maximum Gasteiger partial charge on any atom is 0.320 e. The Morgan fingerprint density at radius 2 is 1.69 bits per heavy atom. The second kappa shape index (κ2) is 8.37. The van der Waals surface area contributed by atoms with Crippen LogP contribution in [0.3, 0.4) is 0 Å². The zero-order valence-corrected chi connectivity index (χ0v) is 16.3. The lowest BCUT2D eigenvalue weighted by Gasteiger charge is -2.50. The van der Waals surface area contributed by atoms with Crippen molar-refractivity contribution < 1.29 is 9.18 Å². The van der Waals surface area contributed by atoms with Crippen LogP contribution < -0.4 is 11.1 Å². The van der Waals surface area contributed by atoms with Gasteiger partial charge in [0.15, 0.2) is 0 Å². The summed E-state index contributed by atoms with van der Waals surface area (Å²) < 4.78 is 15.6. The first kappa shape index (κ1) is 19.8. The molecular formula is C18H35FN6O. The molecule has 0 aromatic carbocycles. The molecule has 3 fully saturated rings. The molecule has 0 radical (unpaired) electrons. The summed E-state index contributed by atoms with van der Waals surface area (Å²) in [6.45, 7) is 9.20. The van der Waals surface area contributed by atoms with Gasteiger partial charge in [0.2, 0.25) is 0 Å². The highest BCUT2D eigenvalue weighted by Crippen LogP contribution is 2.31. The maximum atomic E-state index is 15.6. The molecule has 3 unspecified atom stereocenters. The summed E-state index contributed by atoms with van der Waals surface area (Å²) in [5.41, 5.74) is 5.02. The van der Waals surface area contributed by atoms with E-state index in [1.54, 1.807) is 0 Å². The Hall–Kier alpha value is -0.960. The molecule has 0 spiro atoms. The predicted octanol–water partition coefficient (Wildman–Crippen LogP) is -0.221. The van der Waals surface area contributed by atoms with E-state index in [1.807, 2.05) is 16.7 Å². The summed E-state index contributed by atoms with van der Waals surface area (Å²) in [6, 6.07) is -0.336. The van der Waals surface area contributed by atoms with Crippen molar-refractivity contribution in [2.24, 2.45) is 5.73 Å². The normalized spacial score (nSPS) is 34.9. The third kappa shape index (κ3) is 4.13.